The minimum atomic E-state index is -0.583. The van der Waals surface area contributed by atoms with Crippen molar-refractivity contribution in [1.82, 2.24) is 4.90 Å². The number of amides is 1. The van der Waals surface area contributed by atoms with Crippen molar-refractivity contribution in [2.75, 3.05) is 19.7 Å². The highest BCUT2D eigenvalue weighted by molar-refractivity contribution is 5.92. The van der Waals surface area contributed by atoms with Crippen LogP contribution < -0.4 is 5.73 Å². The molecule has 0 saturated carbocycles. The Morgan fingerprint density at radius 3 is 2.35 bits per heavy atom. The van der Waals surface area contributed by atoms with Gasteiger partial charge < -0.3 is 15.9 Å². The third-order valence-electron chi connectivity index (χ3n) is 4.69. The first kappa shape index (κ1) is 20.1. The molecule has 0 aliphatic carbocycles. The quantitative estimate of drug-likeness (QED) is 0.609. The van der Waals surface area contributed by atoms with Crippen molar-refractivity contribution in [2.24, 2.45) is 5.73 Å². The summed E-state index contributed by atoms with van der Waals surface area (Å²) in [7, 11) is 0. The molecule has 0 bridgehead atoms. The molecule has 2 rings (SSSR count). The lowest BCUT2D eigenvalue weighted by Crippen LogP contribution is -2.38. The molecule has 1 amide bonds. The summed E-state index contributed by atoms with van der Waals surface area (Å²) in [4.78, 5) is 13.2. The highest BCUT2D eigenvalue weighted by Gasteiger charge is 2.18. The number of rotatable bonds is 10. The molecular formula is C21H28N2O3. The molecule has 0 heterocycles. The minimum Gasteiger partial charge on any atom is -0.395 e. The predicted molar refractivity (Wildman–Crippen MR) is 103 cm³/mol. The van der Waals surface area contributed by atoms with Gasteiger partial charge in [-0.2, -0.15) is 0 Å². The molecule has 4 N–H and O–H groups in total. The fraction of sp³-hybridized carbons (Fsp3) is 0.381. The Balaban J connectivity index is 1.92. The van der Waals surface area contributed by atoms with Gasteiger partial charge in [0.15, 0.2) is 0 Å². The van der Waals surface area contributed by atoms with E-state index in [1.165, 1.54) is 0 Å². The van der Waals surface area contributed by atoms with Crippen molar-refractivity contribution in [3.05, 3.63) is 71.3 Å². The molecule has 0 fully saturated rings. The summed E-state index contributed by atoms with van der Waals surface area (Å²) in [6.45, 7) is 3.16. The molecule has 26 heavy (non-hydrogen) atoms. The van der Waals surface area contributed by atoms with Crippen molar-refractivity contribution in [3.8, 4) is 0 Å². The van der Waals surface area contributed by atoms with E-state index in [2.05, 4.69) is 11.8 Å². The molecular weight excluding hydrogens is 328 g/mol. The topological polar surface area (TPSA) is 86.8 Å². The summed E-state index contributed by atoms with van der Waals surface area (Å²) in [5, 5.41) is 19.8. The lowest BCUT2D eigenvalue weighted by Gasteiger charge is -2.30. The van der Waals surface area contributed by atoms with Gasteiger partial charge in [-0.1, -0.05) is 42.5 Å². The molecule has 140 valence electrons. The fourth-order valence-electron chi connectivity index (χ4n) is 3.02. The third-order valence-corrected chi connectivity index (χ3v) is 4.69. The zero-order valence-corrected chi connectivity index (χ0v) is 15.2. The summed E-state index contributed by atoms with van der Waals surface area (Å²) in [6.07, 6.45) is 1.15. The highest BCUT2D eigenvalue weighted by Crippen LogP contribution is 2.17. The first-order valence-electron chi connectivity index (χ1n) is 8.98. The van der Waals surface area contributed by atoms with Crippen LogP contribution >= 0.6 is 0 Å². The van der Waals surface area contributed by atoms with Crippen LogP contribution in [0.25, 0.3) is 0 Å². The molecule has 0 radical (unpaired) electrons. The molecule has 5 nitrogen and oxygen atoms in total. The predicted octanol–water partition coefficient (Wildman–Crippen LogP) is 2.13. The smallest absolute Gasteiger partial charge is 0.248 e. The minimum absolute atomic E-state index is 0.0547. The second-order valence-corrected chi connectivity index (χ2v) is 6.59. The molecule has 2 atom stereocenters. The van der Waals surface area contributed by atoms with Gasteiger partial charge in [-0.15, -0.1) is 0 Å². The first-order chi connectivity index (χ1) is 12.5. The van der Waals surface area contributed by atoms with E-state index < -0.39 is 12.0 Å². The van der Waals surface area contributed by atoms with Crippen LogP contribution in [0.3, 0.4) is 0 Å². The Morgan fingerprint density at radius 2 is 1.77 bits per heavy atom. The SMILES string of the molecule is CC(CCc1ccc(C(N)=O)cc1)N(CCO)CC(O)c1ccccc1. The van der Waals surface area contributed by atoms with Crippen LogP contribution in [0.15, 0.2) is 54.6 Å². The number of nitrogens with two attached hydrogens (primary N) is 1. The lowest BCUT2D eigenvalue weighted by atomic mass is 10.0. The monoisotopic (exact) mass is 356 g/mol. The number of hydrogen-bond donors (Lipinski definition) is 3. The number of carbonyl (C=O) groups is 1. The zero-order chi connectivity index (χ0) is 18.9. The Morgan fingerprint density at radius 1 is 1.12 bits per heavy atom. The van der Waals surface area contributed by atoms with E-state index in [4.69, 9.17) is 5.73 Å². The summed E-state index contributed by atoms with van der Waals surface area (Å²) < 4.78 is 0. The molecule has 0 spiro atoms. The van der Waals surface area contributed by atoms with Crippen molar-refractivity contribution in [3.63, 3.8) is 0 Å². The number of nitrogens with zero attached hydrogens (tertiary/aromatic N) is 1. The van der Waals surface area contributed by atoms with Crippen LogP contribution in [0.4, 0.5) is 0 Å². The number of aryl methyl sites for hydroxylation is 1. The van der Waals surface area contributed by atoms with Crippen molar-refractivity contribution < 1.29 is 15.0 Å². The average Bonchev–Trinajstić information content (AvgIpc) is 2.66. The average molecular weight is 356 g/mol. The molecule has 0 aliphatic heterocycles. The number of hydrogen-bond acceptors (Lipinski definition) is 4. The number of aliphatic hydroxyl groups excluding tert-OH is 2. The maximum atomic E-state index is 11.1. The largest absolute Gasteiger partial charge is 0.395 e. The van der Waals surface area contributed by atoms with Gasteiger partial charge in [-0.25, -0.2) is 0 Å². The number of primary amides is 1. The molecule has 2 unspecified atom stereocenters. The summed E-state index contributed by atoms with van der Waals surface area (Å²) in [6, 6.07) is 17.1. The summed E-state index contributed by atoms with van der Waals surface area (Å²) >= 11 is 0. The lowest BCUT2D eigenvalue weighted by molar-refractivity contribution is 0.0749. The molecule has 2 aromatic carbocycles. The number of aliphatic hydroxyl groups is 2. The van der Waals surface area contributed by atoms with Crippen molar-refractivity contribution in [2.45, 2.75) is 31.9 Å². The zero-order valence-electron chi connectivity index (χ0n) is 15.2. The van der Waals surface area contributed by atoms with Crippen LogP contribution in [-0.4, -0.2) is 46.8 Å². The van der Waals surface area contributed by atoms with Gasteiger partial charge in [0.05, 0.1) is 12.7 Å². The van der Waals surface area contributed by atoms with Gasteiger partial charge >= 0.3 is 0 Å². The second kappa shape index (κ2) is 10.1. The van der Waals surface area contributed by atoms with E-state index >= 15 is 0 Å². The van der Waals surface area contributed by atoms with E-state index in [1.807, 2.05) is 42.5 Å². The molecule has 5 heteroatoms. The number of carbonyl (C=O) groups excluding carboxylic acids is 1. The summed E-state index contributed by atoms with van der Waals surface area (Å²) in [5.74, 6) is -0.422. The maximum Gasteiger partial charge on any atom is 0.248 e. The molecule has 0 aromatic heterocycles. The second-order valence-electron chi connectivity index (χ2n) is 6.59. The van der Waals surface area contributed by atoms with E-state index in [0.29, 0.717) is 18.7 Å². The Hall–Kier alpha value is -2.21. The Kier molecular flexibility index (Phi) is 7.78. The van der Waals surface area contributed by atoms with Crippen molar-refractivity contribution >= 4 is 5.91 Å². The third kappa shape index (κ3) is 5.95. The standard InChI is InChI=1S/C21H28N2O3/c1-16(7-8-17-9-11-19(12-10-17)21(22)26)23(13-14-24)15-20(25)18-5-3-2-4-6-18/h2-6,9-12,16,20,24-25H,7-8,13-15H2,1H3,(H2,22,26). The highest BCUT2D eigenvalue weighted by atomic mass is 16.3. The normalized spacial score (nSPS) is 13.5. The van der Waals surface area contributed by atoms with Gasteiger partial charge in [0.2, 0.25) is 5.91 Å². The van der Waals surface area contributed by atoms with Crippen LogP contribution in [-0.2, 0) is 6.42 Å². The van der Waals surface area contributed by atoms with Gasteiger partial charge in [-0.05, 0) is 43.0 Å². The number of benzene rings is 2. The van der Waals surface area contributed by atoms with Crippen molar-refractivity contribution in [1.29, 1.82) is 0 Å². The van der Waals surface area contributed by atoms with E-state index in [1.54, 1.807) is 12.1 Å². The molecule has 0 saturated heterocycles. The maximum absolute atomic E-state index is 11.1. The van der Waals surface area contributed by atoms with E-state index in [-0.39, 0.29) is 12.6 Å². The summed E-state index contributed by atoms with van der Waals surface area (Å²) in [5.41, 5.74) is 7.78. The van der Waals surface area contributed by atoms with Gasteiger partial charge in [0.25, 0.3) is 0 Å². The van der Waals surface area contributed by atoms with Crippen LogP contribution in [0.2, 0.25) is 0 Å². The van der Waals surface area contributed by atoms with E-state index in [9.17, 15) is 15.0 Å². The fourth-order valence-corrected chi connectivity index (χ4v) is 3.02. The van der Waals surface area contributed by atoms with Crippen LogP contribution in [0, 0.1) is 0 Å². The Labute approximate surface area is 155 Å². The van der Waals surface area contributed by atoms with Gasteiger partial charge in [-0.3, -0.25) is 9.69 Å². The van der Waals surface area contributed by atoms with Crippen LogP contribution in [0.1, 0.15) is 40.9 Å². The Bertz CT molecular complexity index is 673. The van der Waals surface area contributed by atoms with Gasteiger partial charge in [0, 0.05) is 24.7 Å². The van der Waals surface area contributed by atoms with E-state index in [0.717, 1.165) is 24.0 Å². The van der Waals surface area contributed by atoms with Gasteiger partial charge in [0.1, 0.15) is 0 Å². The molecule has 0 aliphatic rings. The first-order valence-corrected chi connectivity index (χ1v) is 8.98. The van der Waals surface area contributed by atoms with Crippen LogP contribution in [0.5, 0.6) is 0 Å². The molecule has 2 aromatic rings.